The summed E-state index contributed by atoms with van der Waals surface area (Å²) in [5.41, 5.74) is 2.74. The minimum absolute atomic E-state index is 0.0614. The van der Waals surface area contributed by atoms with Gasteiger partial charge < -0.3 is 14.4 Å². The average molecular weight is 481 g/mol. The maximum Gasteiger partial charge on any atom is 0.264 e. The van der Waals surface area contributed by atoms with E-state index < -0.39 is 10.0 Å². The Morgan fingerprint density at radius 2 is 1.68 bits per heavy atom. The van der Waals surface area contributed by atoms with Crippen LogP contribution in [0.25, 0.3) is 0 Å². The molecule has 178 valence electrons. The maximum atomic E-state index is 13.4. The first-order chi connectivity index (χ1) is 16.3. The van der Waals surface area contributed by atoms with Crippen molar-refractivity contribution in [1.29, 1.82) is 0 Å². The van der Waals surface area contributed by atoms with E-state index in [9.17, 15) is 13.2 Å². The predicted octanol–water partition coefficient (Wildman–Crippen LogP) is 4.25. The zero-order chi connectivity index (χ0) is 24.3. The van der Waals surface area contributed by atoms with Gasteiger partial charge in [-0.2, -0.15) is 0 Å². The maximum absolute atomic E-state index is 13.4. The number of sulfonamides is 1. The molecule has 0 saturated heterocycles. The highest BCUT2D eigenvalue weighted by Crippen LogP contribution is 2.34. The number of carbonyl (C=O) groups is 1. The van der Waals surface area contributed by atoms with E-state index in [1.807, 2.05) is 44.2 Å². The molecule has 3 aromatic carbocycles. The fourth-order valence-electron chi connectivity index (χ4n) is 3.82. The number of amides is 1. The summed E-state index contributed by atoms with van der Waals surface area (Å²) in [6.07, 6.45) is 0. The lowest BCUT2D eigenvalue weighted by Gasteiger charge is -2.26. The first kappa shape index (κ1) is 23.6. The van der Waals surface area contributed by atoms with Crippen LogP contribution in [0.1, 0.15) is 28.4 Å². The van der Waals surface area contributed by atoms with Crippen molar-refractivity contribution < 1.29 is 22.7 Å². The SMILES string of the molecule is CCN(Cc1cccc2c1OCCO2)C(=O)c1cccc(S(=O)(=O)N(C)c2ccc(C)cc2)c1. The van der Waals surface area contributed by atoms with Gasteiger partial charge in [-0.05, 0) is 50.2 Å². The van der Waals surface area contributed by atoms with Gasteiger partial charge in [0.2, 0.25) is 0 Å². The summed E-state index contributed by atoms with van der Waals surface area (Å²) in [7, 11) is -2.33. The molecule has 0 saturated carbocycles. The third kappa shape index (κ3) is 4.72. The van der Waals surface area contributed by atoms with Crippen LogP contribution in [0.2, 0.25) is 0 Å². The normalized spacial score (nSPS) is 12.8. The van der Waals surface area contributed by atoms with Crippen LogP contribution < -0.4 is 13.8 Å². The minimum Gasteiger partial charge on any atom is -0.486 e. The van der Waals surface area contributed by atoms with Crippen LogP contribution in [-0.4, -0.2) is 46.0 Å². The van der Waals surface area contributed by atoms with Gasteiger partial charge in [-0.25, -0.2) is 8.42 Å². The molecule has 4 rings (SSSR count). The molecule has 3 aromatic rings. The Labute approximate surface area is 200 Å². The Morgan fingerprint density at radius 3 is 2.41 bits per heavy atom. The predicted molar refractivity (Wildman–Crippen MR) is 131 cm³/mol. The van der Waals surface area contributed by atoms with Gasteiger partial charge in [-0.1, -0.05) is 35.9 Å². The van der Waals surface area contributed by atoms with Gasteiger partial charge in [0.15, 0.2) is 11.5 Å². The van der Waals surface area contributed by atoms with Crippen LogP contribution in [0.3, 0.4) is 0 Å². The number of para-hydroxylation sites is 1. The Bertz CT molecular complexity index is 1290. The summed E-state index contributed by atoms with van der Waals surface area (Å²) < 4.78 is 39.2. The van der Waals surface area contributed by atoms with Gasteiger partial charge in [0, 0.05) is 31.3 Å². The van der Waals surface area contributed by atoms with Crippen LogP contribution in [0, 0.1) is 6.92 Å². The fourth-order valence-corrected chi connectivity index (χ4v) is 5.06. The van der Waals surface area contributed by atoms with Crippen LogP contribution >= 0.6 is 0 Å². The first-order valence-corrected chi connectivity index (χ1v) is 12.6. The fraction of sp³-hybridized carbons (Fsp3) is 0.269. The molecule has 7 nitrogen and oxygen atoms in total. The largest absolute Gasteiger partial charge is 0.486 e. The van der Waals surface area contributed by atoms with Gasteiger partial charge in [0.1, 0.15) is 13.2 Å². The second kappa shape index (κ2) is 9.77. The van der Waals surface area contributed by atoms with E-state index in [0.29, 0.717) is 49.1 Å². The number of nitrogens with zero attached hydrogens (tertiary/aromatic N) is 2. The molecule has 0 radical (unpaired) electrons. The lowest BCUT2D eigenvalue weighted by molar-refractivity contribution is 0.0749. The number of benzene rings is 3. The Kier molecular flexibility index (Phi) is 6.79. The number of hydrogen-bond acceptors (Lipinski definition) is 5. The number of carbonyl (C=O) groups excluding carboxylic acids is 1. The Morgan fingerprint density at radius 1 is 0.971 bits per heavy atom. The van der Waals surface area contributed by atoms with Gasteiger partial charge in [0.25, 0.3) is 15.9 Å². The summed E-state index contributed by atoms with van der Waals surface area (Å²) in [5.74, 6) is 1.06. The molecule has 0 fully saturated rings. The molecule has 34 heavy (non-hydrogen) atoms. The van der Waals surface area contributed by atoms with Crippen molar-refractivity contribution in [3.05, 3.63) is 83.4 Å². The second-order valence-electron chi connectivity index (χ2n) is 8.10. The van der Waals surface area contributed by atoms with Crippen molar-refractivity contribution in [2.24, 2.45) is 0 Å². The molecule has 0 unspecified atom stereocenters. The van der Waals surface area contributed by atoms with Crippen molar-refractivity contribution in [3.8, 4) is 11.5 Å². The quantitative estimate of drug-likeness (QED) is 0.505. The molecule has 0 aliphatic carbocycles. The zero-order valence-corrected chi connectivity index (χ0v) is 20.3. The Hall–Kier alpha value is -3.52. The van der Waals surface area contributed by atoms with Gasteiger partial charge in [0.05, 0.1) is 10.6 Å². The number of ether oxygens (including phenoxy) is 2. The molecule has 0 atom stereocenters. The van der Waals surface area contributed by atoms with E-state index in [1.165, 1.54) is 23.5 Å². The smallest absolute Gasteiger partial charge is 0.264 e. The van der Waals surface area contributed by atoms with Gasteiger partial charge >= 0.3 is 0 Å². The lowest BCUT2D eigenvalue weighted by Crippen LogP contribution is -2.31. The summed E-state index contributed by atoms with van der Waals surface area (Å²) in [6.45, 7) is 5.54. The van der Waals surface area contributed by atoms with E-state index in [-0.39, 0.29) is 10.8 Å². The molecule has 0 bridgehead atoms. The van der Waals surface area contributed by atoms with Crippen LogP contribution in [-0.2, 0) is 16.6 Å². The molecule has 0 spiro atoms. The molecule has 8 heteroatoms. The van der Waals surface area contributed by atoms with Crippen molar-refractivity contribution in [3.63, 3.8) is 0 Å². The van der Waals surface area contributed by atoms with E-state index >= 15 is 0 Å². The van der Waals surface area contributed by atoms with E-state index in [2.05, 4.69) is 0 Å². The molecular weight excluding hydrogens is 452 g/mol. The van der Waals surface area contributed by atoms with Crippen molar-refractivity contribution >= 4 is 21.6 Å². The highest BCUT2D eigenvalue weighted by Gasteiger charge is 2.25. The summed E-state index contributed by atoms with van der Waals surface area (Å²) in [4.78, 5) is 15.1. The molecular formula is C26H28N2O5S. The van der Waals surface area contributed by atoms with Crippen LogP contribution in [0.15, 0.2) is 71.6 Å². The second-order valence-corrected chi connectivity index (χ2v) is 10.1. The molecule has 1 aliphatic heterocycles. The molecule has 0 aromatic heterocycles. The van der Waals surface area contributed by atoms with Crippen molar-refractivity contribution in [2.45, 2.75) is 25.3 Å². The van der Waals surface area contributed by atoms with Crippen molar-refractivity contribution in [2.75, 3.05) is 31.1 Å². The highest BCUT2D eigenvalue weighted by atomic mass is 32.2. The van der Waals surface area contributed by atoms with Crippen LogP contribution in [0.5, 0.6) is 11.5 Å². The molecule has 1 aliphatic rings. The van der Waals surface area contributed by atoms with E-state index in [0.717, 1.165) is 11.1 Å². The molecule has 1 heterocycles. The number of anilines is 1. The lowest BCUT2D eigenvalue weighted by atomic mass is 10.1. The first-order valence-electron chi connectivity index (χ1n) is 11.1. The topological polar surface area (TPSA) is 76.1 Å². The number of aryl methyl sites for hydroxylation is 1. The van der Waals surface area contributed by atoms with E-state index in [4.69, 9.17) is 9.47 Å². The monoisotopic (exact) mass is 480 g/mol. The average Bonchev–Trinajstić information content (AvgIpc) is 2.87. The summed E-state index contributed by atoms with van der Waals surface area (Å²) in [6, 6.07) is 19.0. The summed E-state index contributed by atoms with van der Waals surface area (Å²) >= 11 is 0. The molecule has 0 N–H and O–H groups in total. The Balaban J connectivity index is 1.59. The number of fused-ring (bicyclic) bond motifs is 1. The highest BCUT2D eigenvalue weighted by molar-refractivity contribution is 7.92. The molecule has 1 amide bonds. The standard InChI is InChI=1S/C26H28N2O5S/c1-4-28(18-21-8-6-10-24-25(21)33-16-15-32-24)26(29)20-7-5-9-23(17-20)34(30,31)27(3)22-13-11-19(2)12-14-22/h5-14,17H,4,15-16,18H2,1-3H3. The van der Waals surface area contributed by atoms with Gasteiger partial charge in [-0.3, -0.25) is 9.10 Å². The minimum atomic E-state index is -3.84. The van der Waals surface area contributed by atoms with Gasteiger partial charge in [-0.15, -0.1) is 0 Å². The van der Waals surface area contributed by atoms with Crippen LogP contribution in [0.4, 0.5) is 5.69 Å². The summed E-state index contributed by atoms with van der Waals surface area (Å²) in [5, 5.41) is 0. The zero-order valence-electron chi connectivity index (χ0n) is 19.5. The number of rotatable bonds is 7. The van der Waals surface area contributed by atoms with E-state index in [1.54, 1.807) is 29.2 Å². The third-order valence-corrected chi connectivity index (χ3v) is 7.60. The third-order valence-electron chi connectivity index (χ3n) is 5.81. The number of hydrogen-bond donors (Lipinski definition) is 0. The van der Waals surface area contributed by atoms with Crippen molar-refractivity contribution in [1.82, 2.24) is 4.90 Å².